The molecular formula is C29H27N3O8S. The predicted molar refractivity (Wildman–Crippen MR) is 152 cm³/mol. The number of Topliss-reactive ketones (excluding diaryl/α,β-unsaturated/α-hetero) is 1. The maximum absolute atomic E-state index is 13.4. The highest BCUT2D eigenvalue weighted by Crippen LogP contribution is 2.44. The summed E-state index contributed by atoms with van der Waals surface area (Å²) in [6, 6.07) is 10.5. The molecule has 2 aromatic carbocycles. The van der Waals surface area contributed by atoms with E-state index in [0.717, 1.165) is 16.2 Å². The van der Waals surface area contributed by atoms with Crippen LogP contribution in [0.2, 0.25) is 0 Å². The second kappa shape index (κ2) is 12.1. The number of aryl methyl sites for hydroxylation is 1. The third-order valence-corrected chi connectivity index (χ3v) is 7.22. The zero-order valence-corrected chi connectivity index (χ0v) is 23.3. The van der Waals surface area contributed by atoms with Crippen LogP contribution < -0.4 is 9.64 Å². The third kappa shape index (κ3) is 6.02. The summed E-state index contributed by atoms with van der Waals surface area (Å²) >= 11 is 0.851. The number of carbonyl (C=O) groups is 3. The minimum absolute atomic E-state index is 0.0231. The topological polar surface area (TPSA) is 149 Å². The number of aliphatic hydroxyl groups is 1. The molecule has 3 aromatic rings. The molecule has 1 saturated heterocycles. The van der Waals surface area contributed by atoms with Gasteiger partial charge in [-0.1, -0.05) is 37.8 Å². The lowest BCUT2D eigenvalue weighted by Crippen LogP contribution is -2.29. The fourth-order valence-electron chi connectivity index (χ4n) is 4.13. The van der Waals surface area contributed by atoms with E-state index >= 15 is 0 Å². The minimum Gasteiger partial charge on any atom is -0.507 e. The second-order valence-electron chi connectivity index (χ2n) is 9.55. The van der Waals surface area contributed by atoms with Crippen molar-refractivity contribution < 1.29 is 33.9 Å². The first kappa shape index (κ1) is 29.2. The highest BCUT2D eigenvalue weighted by molar-refractivity contribution is 7.17. The number of ether oxygens (including phenoxy) is 2. The lowest BCUT2D eigenvalue weighted by molar-refractivity contribution is -0.384. The summed E-state index contributed by atoms with van der Waals surface area (Å²) in [5.74, 6) is -2.20. The fourth-order valence-corrected chi connectivity index (χ4v) is 5.11. The van der Waals surface area contributed by atoms with Gasteiger partial charge < -0.3 is 14.6 Å². The van der Waals surface area contributed by atoms with Crippen LogP contribution in [-0.2, 0) is 14.3 Å². The summed E-state index contributed by atoms with van der Waals surface area (Å²) in [6.07, 6.45) is 1.41. The Bertz CT molecular complexity index is 1540. The highest BCUT2D eigenvalue weighted by Gasteiger charge is 2.48. The number of esters is 1. The molecule has 0 saturated carbocycles. The highest BCUT2D eigenvalue weighted by atomic mass is 32.1. The Morgan fingerprint density at radius 2 is 1.85 bits per heavy atom. The van der Waals surface area contributed by atoms with Gasteiger partial charge in [0.05, 0.1) is 28.8 Å². The van der Waals surface area contributed by atoms with Gasteiger partial charge in [0.2, 0.25) is 0 Å². The van der Waals surface area contributed by atoms with Gasteiger partial charge in [-0.2, -0.15) is 0 Å². The molecule has 0 spiro atoms. The maximum Gasteiger partial charge on any atom is 0.350 e. The number of ketones is 1. The number of aliphatic hydroxyl groups excluding tert-OH is 1. The fraction of sp³-hybridized carbons (Fsp3) is 0.241. The van der Waals surface area contributed by atoms with Crippen LogP contribution >= 0.6 is 11.3 Å². The normalized spacial score (nSPS) is 16.2. The van der Waals surface area contributed by atoms with Crippen LogP contribution in [-0.4, -0.2) is 45.9 Å². The van der Waals surface area contributed by atoms with Crippen LogP contribution in [0, 0.1) is 23.0 Å². The van der Waals surface area contributed by atoms with Crippen LogP contribution in [0.4, 0.5) is 10.8 Å². The molecule has 41 heavy (non-hydrogen) atoms. The van der Waals surface area contributed by atoms with Gasteiger partial charge in [-0.3, -0.25) is 24.6 Å². The van der Waals surface area contributed by atoms with Crippen LogP contribution in [0.3, 0.4) is 0 Å². The zero-order chi connectivity index (χ0) is 29.8. The van der Waals surface area contributed by atoms with Gasteiger partial charge in [-0.05, 0) is 54.8 Å². The Labute approximate surface area is 239 Å². The Morgan fingerprint density at radius 1 is 1.20 bits per heavy atom. The van der Waals surface area contributed by atoms with Crippen molar-refractivity contribution in [2.24, 2.45) is 5.92 Å². The Balaban J connectivity index is 1.82. The SMILES string of the molecule is C=CCOC(=O)c1sc(N2C(=O)C(=O)/C(=C(/O)c3ccc(OCC(C)C)cc3)C2c2ccc([N+](=O)[O-])cc2)nc1C. The number of hydrogen-bond acceptors (Lipinski definition) is 10. The van der Waals surface area contributed by atoms with E-state index in [4.69, 9.17) is 9.47 Å². The Kier molecular flexibility index (Phi) is 8.62. The summed E-state index contributed by atoms with van der Waals surface area (Å²) in [6.45, 7) is 9.55. The number of anilines is 1. The maximum atomic E-state index is 13.4. The monoisotopic (exact) mass is 577 g/mol. The summed E-state index contributed by atoms with van der Waals surface area (Å²) < 4.78 is 10.8. The van der Waals surface area contributed by atoms with Crippen LogP contribution in [0.15, 0.2) is 66.8 Å². The van der Waals surface area contributed by atoms with Gasteiger partial charge in [-0.25, -0.2) is 9.78 Å². The van der Waals surface area contributed by atoms with Crippen molar-refractivity contribution in [1.29, 1.82) is 0 Å². The number of rotatable bonds is 10. The number of nitro groups is 1. The van der Waals surface area contributed by atoms with E-state index in [0.29, 0.717) is 23.8 Å². The molecule has 1 aliphatic rings. The van der Waals surface area contributed by atoms with E-state index in [1.54, 1.807) is 31.2 Å². The first-order chi connectivity index (χ1) is 19.5. The number of nitro benzene ring substituents is 1. The van der Waals surface area contributed by atoms with Crippen LogP contribution in [0.5, 0.6) is 5.75 Å². The number of carbonyl (C=O) groups excluding carboxylic acids is 3. The van der Waals surface area contributed by atoms with Gasteiger partial charge in [0.15, 0.2) is 5.13 Å². The van der Waals surface area contributed by atoms with Crippen LogP contribution in [0.1, 0.15) is 46.4 Å². The van der Waals surface area contributed by atoms with Crippen LogP contribution in [0.25, 0.3) is 5.76 Å². The average molecular weight is 578 g/mol. The molecule has 1 atom stereocenters. The first-order valence-electron chi connectivity index (χ1n) is 12.6. The van der Waals surface area contributed by atoms with Crippen molar-refractivity contribution in [2.45, 2.75) is 26.8 Å². The molecule has 1 amide bonds. The second-order valence-corrected chi connectivity index (χ2v) is 10.5. The molecule has 0 bridgehead atoms. The molecule has 2 heterocycles. The van der Waals surface area contributed by atoms with E-state index in [2.05, 4.69) is 11.6 Å². The molecule has 1 unspecified atom stereocenters. The third-order valence-electron chi connectivity index (χ3n) is 6.08. The number of thiazole rings is 1. The number of non-ortho nitro benzene ring substituents is 1. The zero-order valence-electron chi connectivity index (χ0n) is 22.5. The lowest BCUT2D eigenvalue weighted by Gasteiger charge is -2.23. The van der Waals surface area contributed by atoms with E-state index in [1.165, 1.54) is 30.3 Å². The molecule has 11 nitrogen and oxygen atoms in total. The number of nitrogens with zero attached hydrogens (tertiary/aromatic N) is 3. The van der Waals surface area contributed by atoms with Crippen molar-refractivity contribution in [3.63, 3.8) is 0 Å². The molecule has 1 N–H and O–H groups in total. The van der Waals surface area contributed by atoms with E-state index in [9.17, 15) is 29.6 Å². The molecule has 4 rings (SSSR count). The summed E-state index contributed by atoms with van der Waals surface area (Å²) in [5.41, 5.74) is 0.427. The van der Waals surface area contributed by atoms with Gasteiger partial charge in [0.25, 0.3) is 11.5 Å². The van der Waals surface area contributed by atoms with Gasteiger partial charge >= 0.3 is 11.9 Å². The number of benzene rings is 2. The molecule has 12 heteroatoms. The molecular weight excluding hydrogens is 550 g/mol. The molecule has 0 radical (unpaired) electrons. The van der Waals surface area contributed by atoms with Crippen molar-refractivity contribution >= 4 is 45.6 Å². The van der Waals surface area contributed by atoms with Crippen molar-refractivity contribution in [3.8, 4) is 5.75 Å². The van der Waals surface area contributed by atoms with Gasteiger partial charge in [-0.15, -0.1) is 0 Å². The minimum atomic E-state index is -1.18. The van der Waals surface area contributed by atoms with Gasteiger partial charge in [0, 0.05) is 17.7 Å². The molecule has 0 aliphatic carbocycles. The summed E-state index contributed by atoms with van der Waals surface area (Å²) in [5, 5.41) is 22.6. The molecule has 1 fully saturated rings. The number of amides is 1. The quantitative estimate of drug-likeness (QED) is 0.0639. The summed E-state index contributed by atoms with van der Waals surface area (Å²) in [7, 11) is 0. The van der Waals surface area contributed by atoms with E-state index < -0.39 is 34.4 Å². The van der Waals surface area contributed by atoms with Crippen molar-refractivity contribution in [1.82, 2.24) is 4.98 Å². The Hall–Kier alpha value is -4.84. The average Bonchev–Trinajstić information content (AvgIpc) is 3.46. The predicted octanol–water partition coefficient (Wildman–Crippen LogP) is 5.36. The standard InChI is InChI=1S/C29H27N3O8S/c1-5-14-39-28(36)26-17(4)30-29(41-26)31-23(18-6-10-20(11-7-18)32(37)38)22(25(34)27(31)35)24(33)19-8-12-21(13-9-19)40-15-16(2)3/h5-13,16,23,33H,1,14-15H2,2-4H3/b24-22+. The number of hydrogen-bond donors (Lipinski definition) is 1. The van der Waals surface area contributed by atoms with Crippen molar-refractivity contribution in [2.75, 3.05) is 18.1 Å². The lowest BCUT2D eigenvalue weighted by atomic mass is 9.95. The van der Waals surface area contributed by atoms with E-state index in [1.807, 2.05) is 13.8 Å². The van der Waals surface area contributed by atoms with Crippen molar-refractivity contribution in [3.05, 3.63) is 98.6 Å². The largest absolute Gasteiger partial charge is 0.507 e. The summed E-state index contributed by atoms with van der Waals surface area (Å²) in [4.78, 5) is 55.6. The molecule has 1 aliphatic heterocycles. The molecule has 1 aromatic heterocycles. The number of aromatic nitrogens is 1. The van der Waals surface area contributed by atoms with E-state index in [-0.39, 0.29) is 39.1 Å². The van der Waals surface area contributed by atoms with Gasteiger partial charge in [0.1, 0.15) is 23.0 Å². The smallest absolute Gasteiger partial charge is 0.350 e. The molecule has 212 valence electrons. The Morgan fingerprint density at radius 3 is 2.44 bits per heavy atom. The first-order valence-corrected chi connectivity index (χ1v) is 13.4.